The van der Waals surface area contributed by atoms with Crippen molar-refractivity contribution in [3.8, 4) is 0 Å². The minimum Gasteiger partial charge on any atom is -0.466 e. The highest BCUT2D eigenvalue weighted by atomic mass is 16.5. The van der Waals surface area contributed by atoms with E-state index in [0.717, 1.165) is 12.8 Å². The van der Waals surface area contributed by atoms with Gasteiger partial charge in [0.15, 0.2) is 0 Å². The Hall–Kier alpha value is -0.570. The van der Waals surface area contributed by atoms with Crippen molar-refractivity contribution in [3.05, 3.63) is 0 Å². The molecule has 15 heavy (non-hydrogen) atoms. The molecule has 0 saturated heterocycles. The van der Waals surface area contributed by atoms with E-state index in [1.165, 1.54) is 0 Å². The van der Waals surface area contributed by atoms with Gasteiger partial charge in [0.25, 0.3) is 0 Å². The van der Waals surface area contributed by atoms with Crippen molar-refractivity contribution in [1.29, 1.82) is 0 Å². The van der Waals surface area contributed by atoms with Crippen LogP contribution in [0.3, 0.4) is 0 Å². The van der Waals surface area contributed by atoms with Crippen LogP contribution in [-0.4, -0.2) is 23.3 Å². The van der Waals surface area contributed by atoms with E-state index in [9.17, 15) is 9.90 Å². The number of ether oxygens (including phenoxy) is 1. The molecule has 0 aliphatic carbocycles. The Morgan fingerprint density at radius 1 is 1.40 bits per heavy atom. The van der Waals surface area contributed by atoms with Gasteiger partial charge in [0.05, 0.1) is 12.2 Å². The molecule has 0 fully saturated rings. The van der Waals surface area contributed by atoms with Crippen LogP contribution in [0.2, 0.25) is 0 Å². The predicted molar refractivity (Wildman–Crippen MR) is 60.6 cm³/mol. The molecule has 0 aromatic rings. The Morgan fingerprint density at radius 3 is 2.47 bits per heavy atom. The molecule has 3 nitrogen and oxygen atoms in total. The molecule has 0 amide bonds. The van der Waals surface area contributed by atoms with Crippen LogP contribution in [0, 0.1) is 5.92 Å². The second-order valence-corrected chi connectivity index (χ2v) is 4.73. The summed E-state index contributed by atoms with van der Waals surface area (Å²) in [6.45, 7) is 8.24. The van der Waals surface area contributed by atoms with Crippen molar-refractivity contribution < 1.29 is 14.6 Å². The number of aliphatic hydroxyl groups is 1. The van der Waals surface area contributed by atoms with E-state index < -0.39 is 5.60 Å². The Bertz CT molecular complexity index is 185. The summed E-state index contributed by atoms with van der Waals surface area (Å²) in [6, 6.07) is 0. The second kappa shape index (κ2) is 6.83. The van der Waals surface area contributed by atoms with Gasteiger partial charge < -0.3 is 9.84 Å². The van der Waals surface area contributed by atoms with Crippen molar-refractivity contribution in [2.75, 3.05) is 6.61 Å². The molecule has 0 aromatic heterocycles. The highest BCUT2D eigenvalue weighted by molar-refractivity contribution is 5.69. The van der Waals surface area contributed by atoms with E-state index in [1.807, 2.05) is 0 Å². The summed E-state index contributed by atoms with van der Waals surface area (Å²) in [5.41, 5.74) is -0.739. The zero-order valence-electron chi connectivity index (χ0n) is 10.4. The Balaban J connectivity index is 3.77. The van der Waals surface area contributed by atoms with Gasteiger partial charge in [-0.25, -0.2) is 0 Å². The molecule has 1 unspecified atom stereocenters. The molecule has 0 aliphatic heterocycles. The molecule has 0 aliphatic rings. The van der Waals surface area contributed by atoms with Crippen LogP contribution in [0.15, 0.2) is 0 Å². The van der Waals surface area contributed by atoms with E-state index >= 15 is 0 Å². The van der Waals surface area contributed by atoms with Crippen LogP contribution in [0.1, 0.15) is 53.4 Å². The van der Waals surface area contributed by atoms with Gasteiger partial charge >= 0.3 is 5.97 Å². The zero-order valence-corrected chi connectivity index (χ0v) is 10.4. The van der Waals surface area contributed by atoms with Crippen molar-refractivity contribution in [1.82, 2.24) is 0 Å². The highest BCUT2D eigenvalue weighted by Gasteiger charge is 2.21. The molecule has 0 saturated carbocycles. The minimum atomic E-state index is -0.739. The normalized spacial score (nSPS) is 15.1. The molecule has 90 valence electrons. The van der Waals surface area contributed by atoms with Crippen LogP contribution in [0.4, 0.5) is 0 Å². The van der Waals surface area contributed by atoms with Gasteiger partial charge in [-0.1, -0.05) is 13.8 Å². The van der Waals surface area contributed by atoms with Gasteiger partial charge in [-0.3, -0.25) is 4.79 Å². The fraction of sp³-hybridized carbons (Fsp3) is 0.917. The van der Waals surface area contributed by atoms with E-state index in [1.54, 1.807) is 13.8 Å². The van der Waals surface area contributed by atoms with Crippen LogP contribution >= 0.6 is 0 Å². The largest absolute Gasteiger partial charge is 0.466 e. The quantitative estimate of drug-likeness (QED) is 0.665. The van der Waals surface area contributed by atoms with E-state index in [2.05, 4.69) is 13.8 Å². The molecule has 1 N–H and O–H groups in total. The topological polar surface area (TPSA) is 46.5 Å². The molecule has 0 radical (unpaired) electrons. The molecule has 0 spiro atoms. The maximum atomic E-state index is 11.1. The minimum absolute atomic E-state index is 0.220. The lowest BCUT2D eigenvalue weighted by molar-refractivity contribution is -0.144. The average Bonchev–Trinajstić information content (AvgIpc) is 2.13. The zero-order chi connectivity index (χ0) is 11.9. The third kappa shape index (κ3) is 8.43. The van der Waals surface area contributed by atoms with Gasteiger partial charge in [-0.15, -0.1) is 0 Å². The molecular weight excluding hydrogens is 192 g/mol. The summed E-state index contributed by atoms with van der Waals surface area (Å²) in [5.74, 6) is 0.362. The van der Waals surface area contributed by atoms with Gasteiger partial charge in [0.2, 0.25) is 0 Å². The third-order valence-electron chi connectivity index (χ3n) is 2.43. The number of hydrogen-bond acceptors (Lipinski definition) is 3. The lowest BCUT2D eigenvalue weighted by atomic mass is 9.91. The van der Waals surface area contributed by atoms with Gasteiger partial charge in [-0.2, -0.15) is 0 Å². The van der Waals surface area contributed by atoms with Crippen molar-refractivity contribution in [2.24, 2.45) is 5.92 Å². The van der Waals surface area contributed by atoms with E-state index in [-0.39, 0.29) is 5.97 Å². The van der Waals surface area contributed by atoms with Gasteiger partial charge in [0, 0.05) is 6.42 Å². The number of esters is 1. The van der Waals surface area contributed by atoms with Gasteiger partial charge in [-0.05, 0) is 39.0 Å². The summed E-state index contributed by atoms with van der Waals surface area (Å²) in [4.78, 5) is 11.1. The monoisotopic (exact) mass is 216 g/mol. The fourth-order valence-electron chi connectivity index (χ4n) is 1.33. The lowest BCUT2D eigenvalue weighted by Gasteiger charge is -2.23. The summed E-state index contributed by atoms with van der Waals surface area (Å²) in [6.07, 6.45) is 2.51. The van der Waals surface area contributed by atoms with Crippen molar-refractivity contribution >= 4 is 5.97 Å². The first-order chi connectivity index (χ1) is 6.87. The summed E-state index contributed by atoms with van der Waals surface area (Å²) >= 11 is 0. The van der Waals surface area contributed by atoms with Crippen molar-refractivity contribution in [3.63, 3.8) is 0 Å². The third-order valence-corrected chi connectivity index (χ3v) is 2.43. The van der Waals surface area contributed by atoms with Crippen LogP contribution < -0.4 is 0 Å². The molecule has 3 heteroatoms. The number of carbonyl (C=O) groups is 1. The van der Waals surface area contributed by atoms with Crippen LogP contribution in [0.25, 0.3) is 0 Å². The lowest BCUT2D eigenvalue weighted by Crippen LogP contribution is -2.26. The maximum absolute atomic E-state index is 11.1. The van der Waals surface area contributed by atoms with Gasteiger partial charge in [0.1, 0.15) is 0 Å². The molecule has 1 atom stereocenters. The smallest absolute Gasteiger partial charge is 0.305 e. The fourth-order valence-corrected chi connectivity index (χ4v) is 1.33. The number of rotatable bonds is 7. The first-order valence-corrected chi connectivity index (χ1v) is 5.75. The first-order valence-electron chi connectivity index (χ1n) is 5.75. The number of carbonyl (C=O) groups excluding carboxylic acids is 1. The summed E-state index contributed by atoms with van der Waals surface area (Å²) in [7, 11) is 0. The standard InChI is InChI=1S/C12H24O3/c1-5-15-11(13)7-9-12(4,14)8-6-10(2)3/h10,14H,5-9H2,1-4H3. The van der Waals surface area contributed by atoms with Crippen LogP contribution in [0.5, 0.6) is 0 Å². The molecule has 0 aromatic carbocycles. The Kier molecular flexibility index (Phi) is 6.57. The highest BCUT2D eigenvalue weighted by Crippen LogP contribution is 2.21. The molecule has 0 bridgehead atoms. The van der Waals surface area contributed by atoms with E-state index in [4.69, 9.17) is 4.74 Å². The summed E-state index contributed by atoms with van der Waals surface area (Å²) < 4.78 is 4.81. The maximum Gasteiger partial charge on any atom is 0.305 e. The SMILES string of the molecule is CCOC(=O)CCC(C)(O)CCC(C)C. The molecule has 0 rings (SSSR count). The predicted octanol–water partition coefficient (Wildman–Crippen LogP) is 2.52. The number of hydrogen-bond donors (Lipinski definition) is 1. The molecule has 0 heterocycles. The van der Waals surface area contributed by atoms with Crippen LogP contribution in [-0.2, 0) is 9.53 Å². The molecular formula is C12H24O3. The van der Waals surface area contributed by atoms with E-state index in [0.29, 0.717) is 25.4 Å². The average molecular weight is 216 g/mol. The Labute approximate surface area is 92.8 Å². The summed E-state index contributed by atoms with van der Waals surface area (Å²) in [5, 5.41) is 9.97. The Morgan fingerprint density at radius 2 is 2.00 bits per heavy atom. The second-order valence-electron chi connectivity index (χ2n) is 4.73. The first kappa shape index (κ1) is 14.4. The van der Waals surface area contributed by atoms with Crippen molar-refractivity contribution in [2.45, 2.75) is 59.0 Å².